The first-order valence-electron chi connectivity index (χ1n) is 5.98. The fraction of sp³-hybridized carbons (Fsp3) is 0.417. The molecule has 8 heteroatoms. The number of halogens is 2. The number of carbonyl (C=O) groups excluding carboxylic acids is 1. The summed E-state index contributed by atoms with van der Waals surface area (Å²) >= 11 is 0. The van der Waals surface area contributed by atoms with Crippen LogP contribution in [-0.4, -0.2) is 27.3 Å². The number of alkyl halides is 2. The van der Waals surface area contributed by atoms with Crippen LogP contribution in [0.1, 0.15) is 24.6 Å². The van der Waals surface area contributed by atoms with Crippen LogP contribution in [0.2, 0.25) is 0 Å². The van der Waals surface area contributed by atoms with E-state index in [4.69, 9.17) is 4.74 Å². The molecule has 0 radical (unpaired) electrons. The molecule has 0 saturated carbocycles. The van der Waals surface area contributed by atoms with E-state index in [1.54, 1.807) is 6.92 Å². The summed E-state index contributed by atoms with van der Waals surface area (Å²) in [5.74, 6) is -0.555. The molecule has 0 atom stereocenters. The van der Waals surface area contributed by atoms with Crippen LogP contribution in [0.3, 0.4) is 0 Å². The van der Waals surface area contributed by atoms with Crippen LogP contribution in [0, 0.1) is 6.92 Å². The van der Waals surface area contributed by atoms with Gasteiger partial charge in [-0.1, -0.05) is 0 Å². The number of carbonyl (C=O) groups is 1. The Morgan fingerprint density at radius 2 is 2.25 bits per heavy atom. The highest BCUT2D eigenvalue weighted by atomic mass is 19.3. The fourth-order valence-corrected chi connectivity index (χ4v) is 2.04. The van der Waals surface area contributed by atoms with E-state index < -0.39 is 23.5 Å². The van der Waals surface area contributed by atoms with Crippen molar-refractivity contribution in [1.29, 1.82) is 0 Å². The number of nitrogens with zero attached hydrogens (tertiary/aromatic N) is 2. The van der Waals surface area contributed by atoms with Crippen molar-refractivity contribution in [2.75, 3.05) is 6.61 Å². The van der Waals surface area contributed by atoms with E-state index in [-0.39, 0.29) is 24.2 Å². The molecule has 0 aromatic carbocycles. The third-order valence-corrected chi connectivity index (χ3v) is 2.76. The molecule has 0 fully saturated rings. The molecule has 0 spiro atoms. The topological polar surface area (TPSA) is 77.0 Å². The van der Waals surface area contributed by atoms with Crippen LogP contribution in [-0.2, 0) is 16.1 Å². The highest BCUT2D eigenvalue weighted by molar-refractivity contribution is 5.83. The third kappa shape index (κ3) is 2.54. The van der Waals surface area contributed by atoms with Crippen LogP contribution in [0.15, 0.2) is 10.9 Å². The molecule has 108 valence electrons. The summed E-state index contributed by atoms with van der Waals surface area (Å²) in [5.41, 5.74) is -0.650. The van der Waals surface area contributed by atoms with Crippen molar-refractivity contribution < 1.29 is 18.3 Å². The van der Waals surface area contributed by atoms with Gasteiger partial charge < -0.3 is 9.72 Å². The second kappa shape index (κ2) is 5.40. The SMILES string of the molecule is CCOC(=O)Cn1nc(C)c2c(C(F)F)cc(=O)[nH]c21. The molecule has 0 amide bonds. The van der Waals surface area contributed by atoms with Crippen molar-refractivity contribution in [2.45, 2.75) is 26.8 Å². The molecule has 6 nitrogen and oxygen atoms in total. The van der Waals surface area contributed by atoms with Crippen LogP contribution >= 0.6 is 0 Å². The summed E-state index contributed by atoms with van der Waals surface area (Å²) in [7, 11) is 0. The highest BCUT2D eigenvalue weighted by Gasteiger charge is 2.20. The maximum atomic E-state index is 13.0. The molecule has 0 saturated heterocycles. The minimum Gasteiger partial charge on any atom is -0.465 e. The zero-order valence-electron chi connectivity index (χ0n) is 10.9. The average Bonchev–Trinajstić information content (AvgIpc) is 2.65. The molecule has 0 bridgehead atoms. The molecular formula is C12H13F2N3O3. The van der Waals surface area contributed by atoms with Gasteiger partial charge in [-0.05, 0) is 13.8 Å². The number of rotatable bonds is 4. The second-order valence-corrected chi connectivity index (χ2v) is 4.16. The Bertz CT molecular complexity index is 706. The van der Waals surface area contributed by atoms with E-state index in [9.17, 15) is 18.4 Å². The number of ether oxygens (including phenoxy) is 1. The number of aromatic amines is 1. The van der Waals surface area contributed by atoms with E-state index in [2.05, 4.69) is 10.1 Å². The molecular weight excluding hydrogens is 272 g/mol. The number of esters is 1. The minimum atomic E-state index is -2.79. The van der Waals surface area contributed by atoms with Gasteiger partial charge in [0.05, 0.1) is 12.3 Å². The predicted molar refractivity (Wildman–Crippen MR) is 66.7 cm³/mol. The van der Waals surface area contributed by atoms with Crippen LogP contribution in [0.25, 0.3) is 11.0 Å². The summed E-state index contributed by atoms with van der Waals surface area (Å²) in [6, 6.07) is 0.844. The van der Waals surface area contributed by atoms with E-state index in [0.717, 1.165) is 10.7 Å². The normalized spacial score (nSPS) is 11.2. The first kappa shape index (κ1) is 14.2. The zero-order chi connectivity index (χ0) is 14.9. The lowest BCUT2D eigenvalue weighted by molar-refractivity contribution is -0.143. The van der Waals surface area contributed by atoms with E-state index in [1.807, 2.05) is 0 Å². The van der Waals surface area contributed by atoms with Crippen molar-refractivity contribution in [2.24, 2.45) is 0 Å². The molecule has 0 unspecified atom stereocenters. The number of H-pyrrole nitrogens is 1. The number of hydrogen-bond acceptors (Lipinski definition) is 4. The van der Waals surface area contributed by atoms with Crippen molar-refractivity contribution in [3.05, 3.63) is 27.7 Å². The van der Waals surface area contributed by atoms with Crippen LogP contribution < -0.4 is 5.56 Å². The van der Waals surface area contributed by atoms with E-state index >= 15 is 0 Å². The molecule has 0 aliphatic heterocycles. The van der Waals surface area contributed by atoms with Gasteiger partial charge in [-0.25, -0.2) is 13.5 Å². The Kier molecular flexibility index (Phi) is 3.82. The van der Waals surface area contributed by atoms with E-state index in [0.29, 0.717) is 5.69 Å². The van der Waals surface area contributed by atoms with Crippen LogP contribution in [0.5, 0.6) is 0 Å². The third-order valence-electron chi connectivity index (χ3n) is 2.76. The van der Waals surface area contributed by atoms with Crippen molar-refractivity contribution >= 4 is 17.0 Å². The average molecular weight is 285 g/mol. The summed E-state index contributed by atoms with van der Waals surface area (Å²) in [4.78, 5) is 25.3. The molecule has 0 aliphatic rings. The number of pyridine rings is 1. The smallest absolute Gasteiger partial charge is 0.327 e. The molecule has 2 rings (SSSR count). The molecule has 2 heterocycles. The van der Waals surface area contributed by atoms with Gasteiger partial charge in [-0.3, -0.25) is 9.59 Å². The first-order valence-corrected chi connectivity index (χ1v) is 5.98. The lowest BCUT2D eigenvalue weighted by Crippen LogP contribution is -2.16. The lowest BCUT2D eigenvalue weighted by Gasteiger charge is -2.04. The Morgan fingerprint density at radius 3 is 2.85 bits per heavy atom. The summed E-state index contributed by atoms with van der Waals surface area (Å²) < 4.78 is 31.9. The van der Waals surface area contributed by atoms with Gasteiger partial charge in [-0.15, -0.1) is 0 Å². The lowest BCUT2D eigenvalue weighted by atomic mass is 10.1. The van der Waals surface area contributed by atoms with Gasteiger partial charge in [0.2, 0.25) is 5.56 Å². The molecule has 2 aromatic heterocycles. The molecule has 1 N–H and O–H groups in total. The maximum Gasteiger partial charge on any atom is 0.327 e. The van der Waals surface area contributed by atoms with Gasteiger partial charge in [-0.2, -0.15) is 5.10 Å². The van der Waals surface area contributed by atoms with Gasteiger partial charge in [0.15, 0.2) is 0 Å². The van der Waals surface area contributed by atoms with Gasteiger partial charge >= 0.3 is 5.97 Å². The summed E-state index contributed by atoms with van der Waals surface area (Å²) in [5, 5.41) is 4.16. The maximum absolute atomic E-state index is 13.0. The Hall–Kier alpha value is -2.25. The zero-order valence-corrected chi connectivity index (χ0v) is 10.9. The molecule has 0 aliphatic carbocycles. The molecule has 2 aromatic rings. The number of fused-ring (bicyclic) bond motifs is 1. The highest BCUT2D eigenvalue weighted by Crippen LogP contribution is 2.27. The molecule has 20 heavy (non-hydrogen) atoms. The van der Waals surface area contributed by atoms with Crippen molar-refractivity contribution in [3.8, 4) is 0 Å². The van der Waals surface area contributed by atoms with Crippen molar-refractivity contribution in [1.82, 2.24) is 14.8 Å². The number of hydrogen-bond donors (Lipinski definition) is 1. The van der Waals surface area contributed by atoms with Gasteiger partial charge in [0.1, 0.15) is 12.2 Å². The summed E-state index contributed by atoms with van der Waals surface area (Å²) in [6.07, 6.45) is -2.79. The van der Waals surface area contributed by atoms with Crippen LogP contribution in [0.4, 0.5) is 8.78 Å². The fourth-order valence-electron chi connectivity index (χ4n) is 2.04. The largest absolute Gasteiger partial charge is 0.465 e. The first-order chi connectivity index (χ1) is 9.43. The standard InChI is InChI=1S/C12H13F2N3O3/c1-3-20-9(19)5-17-12-10(6(2)16-17)7(11(13)14)4-8(18)15-12/h4,11H,3,5H2,1-2H3,(H,15,18). The van der Waals surface area contributed by atoms with E-state index in [1.165, 1.54) is 6.92 Å². The Labute approximate surface area is 112 Å². The predicted octanol–water partition coefficient (Wildman–Crippen LogP) is 1.53. The van der Waals surface area contributed by atoms with Gasteiger partial charge in [0.25, 0.3) is 6.43 Å². The minimum absolute atomic E-state index is 0.0957. The number of aryl methyl sites for hydroxylation is 1. The summed E-state index contributed by atoms with van der Waals surface area (Å²) in [6.45, 7) is 3.14. The van der Waals surface area contributed by atoms with Gasteiger partial charge in [0, 0.05) is 17.0 Å². The monoisotopic (exact) mass is 285 g/mol. The quantitative estimate of drug-likeness (QED) is 0.864. The number of nitrogens with one attached hydrogen (secondary N) is 1. The van der Waals surface area contributed by atoms with Crippen molar-refractivity contribution in [3.63, 3.8) is 0 Å². The number of aromatic nitrogens is 3. The second-order valence-electron chi connectivity index (χ2n) is 4.16. The Balaban J connectivity index is 2.59. The Morgan fingerprint density at radius 1 is 1.55 bits per heavy atom.